The molecule has 2 nitrogen and oxygen atoms in total. The van der Waals surface area contributed by atoms with Crippen LogP contribution in [0.3, 0.4) is 0 Å². The van der Waals surface area contributed by atoms with Gasteiger partial charge in [-0.2, -0.15) is 0 Å². The van der Waals surface area contributed by atoms with Crippen LogP contribution in [-0.4, -0.2) is 37.5 Å². The van der Waals surface area contributed by atoms with Crippen LogP contribution in [0.5, 0.6) is 0 Å². The minimum absolute atomic E-state index is 0. The van der Waals surface area contributed by atoms with E-state index in [9.17, 15) is 0 Å². The van der Waals surface area contributed by atoms with Gasteiger partial charge >= 0.3 is 0 Å². The van der Waals surface area contributed by atoms with E-state index in [1.165, 1.54) is 47.0 Å². The van der Waals surface area contributed by atoms with Crippen molar-refractivity contribution in [2.75, 3.05) is 37.5 Å². The predicted molar refractivity (Wildman–Crippen MR) is 118 cm³/mol. The third kappa shape index (κ3) is 5.56. The van der Waals surface area contributed by atoms with Crippen LogP contribution in [0.4, 0.5) is 11.4 Å². The molecule has 0 unspecified atom stereocenters. The molecule has 2 aromatic carbocycles. The van der Waals surface area contributed by atoms with Crippen LogP contribution >= 0.6 is 35.8 Å². The highest BCUT2D eigenvalue weighted by atomic mass is 35.5. The monoisotopic (exact) mass is 410 g/mol. The van der Waals surface area contributed by atoms with Crippen molar-refractivity contribution < 1.29 is 0 Å². The summed E-state index contributed by atoms with van der Waals surface area (Å²) in [4.78, 5) is 7.65. The minimum atomic E-state index is 0. The topological polar surface area (TPSA) is 6.48 Å². The van der Waals surface area contributed by atoms with Crippen molar-refractivity contribution in [2.24, 2.45) is 0 Å². The first-order chi connectivity index (χ1) is 12.3. The number of fused-ring (bicyclic) bond motifs is 2. The Hall–Kier alpha value is -0.870. The van der Waals surface area contributed by atoms with E-state index < -0.39 is 0 Å². The summed E-state index contributed by atoms with van der Waals surface area (Å²) in [5.41, 5.74) is 2.69. The third-order valence-electron chi connectivity index (χ3n) is 4.63. The Kier molecular flexibility index (Phi) is 9.13. The molecule has 0 fully saturated rings. The summed E-state index contributed by atoms with van der Waals surface area (Å²) in [6, 6.07) is 17.5. The molecule has 0 radical (unpaired) electrons. The molecule has 1 heterocycles. The van der Waals surface area contributed by atoms with Crippen LogP contribution in [-0.2, 0) is 0 Å². The minimum Gasteiger partial charge on any atom is -0.340 e. The van der Waals surface area contributed by atoms with Gasteiger partial charge in [-0.05, 0) is 63.7 Å². The largest absolute Gasteiger partial charge is 0.340 e. The zero-order chi connectivity index (χ0) is 17.5. The van der Waals surface area contributed by atoms with Crippen LogP contribution in [0.15, 0.2) is 58.3 Å². The molecule has 26 heavy (non-hydrogen) atoms. The molecule has 0 saturated carbocycles. The van der Waals surface area contributed by atoms with Crippen molar-refractivity contribution in [3.8, 4) is 0 Å². The lowest BCUT2D eigenvalue weighted by Gasteiger charge is -2.33. The lowest BCUT2D eigenvalue weighted by Crippen LogP contribution is -2.27. The van der Waals surface area contributed by atoms with Crippen LogP contribution < -0.4 is 4.90 Å². The van der Waals surface area contributed by atoms with Crippen LogP contribution in [0.1, 0.15) is 25.7 Å². The molecule has 5 heteroatoms. The van der Waals surface area contributed by atoms with E-state index in [-0.39, 0.29) is 12.4 Å². The van der Waals surface area contributed by atoms with Crippen molar-refractivity contribution in [1.29, 1.82) is 0 Å². The maximum absolute atomic E-state index is 5.75. The zero-order valence-electron chi connectivity index (χ0n) is 15.4. The fourth-order valence-corrected chi connectivity index (χ4v) is 4.57. The number of benzene rings is 2. The third-order valence-corrected chi connectivity index (χ3v) is 6.02. The number of halogens is 2. The molecule has 1 aliphatic rings. The summed E-state index contributed by atoms with van der Waals surface area (Å²) in [7, 11) is 2.23. The second kappa shape index (κ2) is 11.1. The summed E-state index contributed by atoms with van der Waals surface area (Å²) in [5, 5.41) is 0. The van der Waals surface area contributed by atoms with Gasteiger partial charge in [0.05, 0.1) is 11.4 Å². The number of nitrogens with zero attached hydrogens (tertiary/aromatic N) is 2. The molecule has 0 aromatic heterocycles. The van der Waals surface area contributed by atoms with E-state index in [2.05, 4.69) is 65.4 Å². The van der Waals surface area contributed by atoms with Gasteiger partial charge < -0.3 is 9.80 Å². The zero-order valence-corrected chi connectivity index (χ0v) is 17.8. The highest BCUT2D eigenvalue weighted by molar-refractivity contribution is 7.99. The number of alkyl halides is 1. The van der Waals surface area contributed by atoms with E-state index in [1.807, 2.05) is 11.8 Å². The number of unbranched alkanes of at least 4 members (excludes halogenated alkanes) is 2. The quantitative estimate of drug-likeness (QED) is 0.346. The first kappa shape index (κ1) is 21.4. The van der Waals surface area contributed by atoms with Gasteiger partial charge in [0, 0.05) is 22.2 Å². The first-order valence-electron chi connectivity index (χ1n) is 9.17. The Bertz CT molecular complexity index is 635. The van der Waals surface area contributed by atoms with Gasteiger partial charge in [-0.1, -0.05) is 42.4 Å². The van der Waals surface area contributed by atoms with Gasteiger partial charge in [0.2, 0.25) is 0 Å². The van der Waals surface area contributed by atoms with Gasteiger partial charge in [-0.3, -0.25) is 0 Å². The maximum Gasteiger partial charge on any atom is 0.0552 e. The molecule has 0 saturated heterocycles. The standard InChI is InChI=1S/C21H27ClN2S.ClH/c1-23(15-8-2-7-14-22)16-9-17-24-18-10-3-5-12-20(18)25-21-13-6-4-11-19(21)24;/h3-6,10-13H,2,7-9,14-17H2,1H3;1H. The first-order valence-corrected chi connectivity index (χ1v) is 10.5. The van der Waals surface area contributed by atoms with E-state index in [1.54, 1.807) is 0 Å². The summed E-state index contributed by atoms with van der Waals surface area (Å²) >= 11 is 7.63. The molecule has 0 amide bonds. The van der Waals surface area contributed by atoms with E-state index in [0.717, 1.165) is 25.4 Å². The van der Waals surface area contributed by atoms with Gasteiger partial charge in [0.25, 0.3) is 0 Å². The number of para-hydroxylation sites is 2. The average Bonchev–Trinajstić information content (AvgIpc) is 2.64. The highest BCUT2D eigenvalue weighted by Gasteiger charge is 2.22. The Morgan fingerprint density at radius 3 is 2.04 bits per heavy atom. The number of hydrogen-bond acceptors (Lipinski definition) is 3. The van der Waals surface area contributed by atoms with E-state index >= 15 is 0 Å². The molecule has 0 atom stereocenters. The van der Waals surface area contributed by atoms with Gasteiger partial charge in [0.1, 0.15) is 0 Å². The fourth-order valence-electron chi connectivity index (χ4n) is 3.29. The van der Waals surface area contributed by atoms with Gasteiger partial charge in [-0.15, -0.1) is 24.0 Å². The molecule has 0 aliphatic carbocycles. The Morgan fingerprint density at radius 2 is 1.42 bits per heavy atom. The summed E-state index contributed by atoms with van der Waals surface area (Å²) in [6.07, 6.45) is 4.78. The van der Waals surface area contributed by atoms with Crippen LogP contribution in [0.25, 0.3) is 0 Å². The number of rotatable bonds is 9. The average molecular weight is 411 g/mol. The van der Waals surface area contributed by atoms with Crippen molar-refractivity contribution >= 4 is 47.1 Å². The Balaban J connectivity index is 0.00000243. The summed E-state index contributed by atoms with van der Waals surface area (Å²) in [6.45, 7) is 3.36. The molecule has 0 N–H and O–H groups in total. The fraction of sp³-hybridized carbons (Fsp3) is 0.429. The molecule has 0 bridgehead atoms. The predicted octanol–water partition coefficient (Wildman–Crippen LogP) is 6.44. The molecular formula is C21H28Cl2N2S. The SMILES string of the molecule is CN(CCCCCCl)CCCN1c2ccccc2Sc2ccccc21.Cl. The lowest BCUT2D eigenvalue weighted by molar-refractivity contribution is 0.323. The maximum atomic E-state index is 5.75. The van der Waals surface area contributed by atoms with Crippen molar-refractivity contribution in [1.82, 2.24) is 4.90 Å². The molecule has 1 aliphatic heterocycles. The lowest BCUT2D eigenvalue weighted by atomic mass is 10.2. The normalized spacial score (nSPS) is 12.5. The van der Waals surface area contributed by atoms with Crippen LogP contribution in [0, 0.1) is 0 Å². The van der Waals surface area contributed by atoms with Crippen molar-refractivity contribution in [2.45, 2.75) is 35.5 Å². The highest BCUT2D eigenvalue weighted by Crippen LogP contribution is 2.47. The smallest absolute Gasteiger partial charge is 0.0552 e. The second-order valence-corrected chi connectivity index (χ2v) is 8.06. The number of anilines is 2. The van der Waals surface area contributed by atoms with E-state index in [4.69, 9.17) is 11.6 Å². The van der Waals surface area contributed by atoms with Crippen molar-refractivity contribution in [3.05, 3.63) is 48.5 Å². The summed E-state index contributed by atoms with van der Waals surface area (Å²) in [5.74, 6) is 0.787. The van der Waals surface area contributed by atoms with Gasteiger partial charge in [-0.25, -0.2) is 0 Å². The van der Waals surface area contributed by atoms with E-state index in [0.29, 0.717) is 0 Å². The molecule has 2 aromatic rings. The van der Waals surface area contributed by atoms with Crippen LogP contribution in [0.2, 0.25) is 0 Å². The molecule has 3 rings (SSSR count). The number of hydrogen-bond donors (Lipinski definition) is 0. The summed E-state index contributed by atoms with van der Waals surface area (Å²) < 4.78 is 0. The molecule has 142 valence electrons. The molecule has 0 spiro atoms. The van der Waals surface area contributed by atoms with Crippen molar-refractivity contribution in [3.63, 3.8) is 0 Å². The molecular weight excluding hydrogens is 383 g/mol. The van der Waals surface area contributed by atoms with Gasteiger partial charge in [0.15, 0.2) is 0 Å². The Morgan fingerprint density at radius 1 is 0.846 bits per heavy atom. The Labute approximate surface area is 173 Å². The second-order valence-electron chi connectivity index (χ2n) is 6.60.